The number of ether oxygens (including phenoxy) is 3. The van der Waals surface area contributed by atoms with Crippen LogP contribution in [-0.2, 0) is 20.6 Å². The summed E-state index contributed by atoms with van der Waals surface area (Å²) in [5.74, 6) is 0.205. The van der Waals surface area contributed by atoms with E-state index in [-0.39, 0.29) is 18.3 Å². The van der Waals surface area contributed by atoms with E-state index in [1.54, 1.807) is 31.6 Å². The summed E-state index contributed by atoms with van der Waals surface area (Å²) >= 11 is 0. The monoisotopic (exact) mass is 542 g/mol. The van der Waals surface area contributed by atoms with Gasteiger partial charge in [-0.05, 0) is 53.4 Å². The predicted octanol–water partition coefficient (Wildman–Crippen LogP) is 5.35. The van der Waals surface area contributed by atoms with Crippen LogP contribution in [0.25, 0.3) is 11.3 Å². The van der Waals surface area contributed by atoms with Crippen molar-refractivity contribution < 1.29 is 28.9 Å². The van der Waals surface area contributed by atoms with Gasteiger partial charge in [-0.2, -0.15) is 15.3 Å². The molecule has 2 aromatic rings. The molecule has 12 heteroatoms. The van der Waals surface area contributed by atoms with E-state index in [0.29, 0.717) is 47.3 Å². The number of amides is 2. The van der Waals surface area contributed by atoms with Crippen molar-refractivity contribution in [1.29, 1.82) is 5.26 Å². The van der Waals surface area contributed by atoms with Gasteiger partial charge >= 0.3 is 12.2 Å². The van der Waals surface area contributed by atoms with Crippen LogP contribution in [0.4, 0.5) is 15.4 Å². The highest BCUT2D eigenvalue weighted by Gasteiger charge is 2.34. The molecule has 0 spiro atoms. The average Bonchev–Trinajstić information content (AvgIpc) is 3.55. The number of rotatable bonds is 11. The fraction of sp³-hybridized carbons (Fsp3) is 0.630. The van der Waals surface area contributed by atoms with Crippen LogP contribution < -0.4 is 4.90 Å². The third kappa shape index (κ3) is 7.74. The molecule has 2 heterocycles. The van der Waals surface area contributed by atoms with Crippen LogP contribution in [0.3, 0.4) is 0 Å². The second kappa shape index (κ2) is 13.5. The van der Waals surface area contributed by atoms with Crippen molar-refractivity contribution in [2.75, 3.05) is 18.1 Å². The Kier molecular flexibility index (Phi) is 10.4. The van der Waals surface area contributed by atoms with Crippen molar-refractivity contribution in [2.24, 2.45) is 5.92 Å². The van der Waals surface area contributed by atoms with Crippen LogP contribution in [0.1, 0.15) is 78.3 Å². The number of hydrogen-bond acceptors (Lipinski definition) is 9. The third-order valence-corrected chi connectivity index (χ3v) is 6.44. The number of anilines is 1. The highest BCUT2D eigenvalue weighted by atomic mass is 16.7. The molecule has 212 valence electrons. The van der Waals surface area contributed by atoms with Gasteiger partial charge in [-0.3, -0.25) is 4.68 Å². The summed E-state index contributed by atoms with van der Waals surface area (Å²) in [5, 5.41) is 24.1. The van der Waals surface area contributed by atoms with E-state index >= 15 is 0 Å². The molecule has 0 aliphatic heterocycles. The molecule has 12 nitrogen and oxygen atoms in total. The molecule has 1 saturated carbocycles. The maximum Gasteiger partial charge on any atom is 0.425 e. The molecule has 3 rings (SSSR count). The molecule has 2 aromatic heterocycles. The first kappa shape index (κ1) is 30.0. The van der Waals surface area contributed by atoms with Crippen molar-refractivity contribution in [1.82, 2.24) is 19.7 Å². The zero-order chi connectivity index (χ0) is 28.6. The highest BCUT2D eigenvalue weighted by molar-refractivity contribution is 6.08. The summed E-state index contributed by atoms with van der Waals surface area (Å²) in [6.45, 7) is 9.29. The molecule has 1 N–H and O–H groups in total. The van der Waals surface area contributed by atoms with Crippen LogP contribution in [0, 0.1) is 17.2 Å². The van der Waals surface area contributed by atoms with E-state index in [1.807, 2.05) is 20.0 Å². The molecular weight excluding hydrogens is 504 g/mol. The van der Waals surface area contributed by atoms with E-state index in [0.717, 1.165) is 25.7 Å². The Labute approximate surface area is 228 Å². The van der Waals surface area contributed by atoms with Crippen LogP contribution in [0.15, 0.2) is 18.7 Å². The third-order valence-electron chi connectivity index (χ3n) is 6.44. The maximum atomic E-state index is 13.0. The van der Waals surface area contributed by atoms with Crippen LogP contribution in [0.2, 0.25) is 0 Å². The van der Waals surface area contributed by atoms with Crippen molar-refractivity contribution in [3.8, 4) is 17.3 Å². The standard InChI is InChI=1S/C27H38N6O6/c1-6-37-22(38-7-2)14-20-23(19-15-31-32(16-19)21(12-13-28)18-10-8-9-11-18)29-17-30-24(20)33(25(34)35)26(36)39-27(3,4)5/h15-18,21-22H,6-12,14H2,1-5H3,(H,34,35). The van der Waals surface area contributed by atoms with E-state index in [2.05, 4.69) is 21.1 Å². The number of carboxylic acid groups (broad SMARTS) is 1. The predicted molar refractivity (Wildman–Crippen MR) is 142 cm³/mol. The van der Waals surface area contributed by atoms with Gasteiger partial charge in [0.1, 0.15) is 11.9 Å². The molecule has 39 heavy (non-hydrogen) atoms. The molecule has 1 fully saturated rings. The molecule has 0 saturated heterocycles. The SMILES string of the molecule is CCOC(Cc1c(-c2cnn(C(CC#N)C3CCCC3)c2)ncnc1N(C(=O)O)C(=O)OC(C)(C)C)OCC. The Morgan fingerprint density at radius 2 is 1.87 bits per heavy atom. The Hall–Kier alpha value is -3.56. The minimum atomic E-state index is -1.55. The lowest BCUT2D eigenvalue weighted by atomic mass is 9.96. The Bertz CT molecular complexity index is 1160. The summed E-state index contributed by atoms with van der Waals surface area (Å²) in [6, 6.07) is 2.21. The molecule has 2 amide bonds. The minimum absolute atomic E-state index is 0.0647. The zero-order valence-corrected chi connectivity index (χ0v) is 23.3. The first-order valence-electron chi connectivity index (χ1n) is 13.3. The van der Waals surface area contributed by atoms with Gasteiger partial charge in [-0.1, -0.05) is 12.8 Å². The van der Waals surface area contributed by atoms with Crippen molar-refractivity contribution in [2.45, 2.75) is 91.1 Å². The van der Waals surface area contributed by atoms with E-state index < -0.39 is 24.1 Å². The molecule has 1 aliphatic rings. The highest BCUT2D eigenvalue weighted by Crippen LogP contribution is 2.37. The van der Waals surface area contributed by atoms with Gasteiger partial charge in [0, 0.05) is 37.0 Å². The number of hydrogen-bond donors (Lipinski definition) is 1. The molecule has 1 aliphatic carbocycles. The smallest absolute Gasteiger partial charge is 0.425 e. The van der Waals surface area contributed by atoms with Crippen LogP contribution in [-0.4, -0.2) is 62.1 Å². The molecule has 0 radical (unpaired) electrons. The normalized spacial score (nSPS) is 14.8. The second-order valence-electron chi connectivity index (χ2n) is 10.4. The lowest BCUT2D eigenvalue weighted by molar-refractivity contribution is -0.134. The number of imide groups is 1. The number of nitriles is 1. The van der Waals surface area contributed by atoms with Crippen molar-refractivity contribution in [3.05, 3.63) is 24.3 Å². The maximum absolute atomic E-state index is 13.0. The van der Waals surface area contributed by atoms with E-state index in [4.69, 9.17) is 14.2 Å². The Morgan fingerprint density at radius 3 is 2.44 bits per heavy atom. The quantitative estimate of drug-likeness (QED) is 0.368. The van der Waals surface area contributed by atoms with Gasteiger partial charge in [-0.25, -0.2) is 19.6 Å². The van der Waals surface area contributed by atoms with Crippen molar-refractivity contribution in [3.63, 3.8) is 0 Å². The lowest BCUT2D eigenvalue weighted by Gasteiger charge is -2.26. The van der Waals surface area contributed by atoms with Crippen molar-refractivity contribution >= 4 is 18.0 Å². The van der Waals surface area contributed by atoms with Gasteiger partial charge < -0.3 is 19.3 Å². The van der Waals surface area contributed by atoms with Crippen LogP contribution in [0.5, 0.6) is 0 Å². The van der Waals surface area contributed by atoms with E-state index in [1.165, 1.54) is 6.33 Å². The average molecular weight is 543 g/mol. The number of carbonyl (C=O) groups is 2. The molecule has 1 atom stereocenters. The first-order valence-corrected chi connectivity index (χ1v) is 13.3. The number of nitrogens with zero attached hydrogens (tertiary/aromatic N) is 6. The molecule has 0 aromatic carbocycles. The fourth-order valence-electron chi connectivity index (χ4n) is 4.85. The summed E-state index contributed by atoms with van der Waals surface area (Å²) < 4.78 is 18.6. The van der Waals surface area contributed by atoms with Gasteiger partial charge in [0.05, 0.1) is 30.4 Å². The van der Waals surface area contributed by atoms with Gasteiger partial charge in [-0.15, -0.1) is 0 Å². The van der Waals surface area contributed by atoms with Crippen LogP contribution >= 0.6 is 0 Å². The Morgan fingerprint density at radius 1 is 1.21 bits per heavy atom. The Balaban J connectivity index is 2.12. The molecule has 0 bridgehead atoms. The number of carbonyl (C=O) groups excluding carboxylic acids is 1. The minimum Gasteiger partial charge on any atom is -0.464 e. The second-order valence-corrected chi connectivity index (χ2v) is 10.4. The topological polar surface area (TPSA) is 153 Å². The lowest BCUT2D eigenvalue weighted by Crippen LogP contribution is -2.41. The summed E-state index contributed by atoms with van der Waals surface area (Å²) in [7, 11) is 0. The summed E-state index contributed by atoms with van der Waals surface area (Å²) in [5.41, 5.74) is 0.371. The fourth-order valence-corrected chi connectivity index (χ4v) is 4.85. The van der Waals surface area contributed by atoms with E-state index in [9.17, 15) is 20.0 Å². The largest absolute Gasteiger partial charge is 0.464 e. The first-order chi connectivity index (χ1) is 18.6. The summed E-state index contributed by atoms with van der Waals surface area (Å²) in [6.07, 6.45) is 6.00. The number of aromatic nitrogens is 4. The molecular formula is C27H38N6O6. The summed E-state index contributed by atoms with van der Waals surface area (Å²) in [4.78, 5) is 34.5. The van der Waals surface area contributed by atoms with Gasteiger partial charge in [0.15, 0.2) is 12.1 Å². The van der Waals surface area contributed by atoms with Gasteiger partial charge in [0.2, 0.25) is 0 Å². The van der Waals surface area contributed by atoms with Gasteiger partial charge in [0.25, 0.3) is 0 Å². The zero-order valence-electron chi connectivity index (χ0n) is 23.3. The molecule has 1 unspecified atom stereocenters.